The SMILES string of the molecule is N#Cc1c(N)[nH]c2cc(-c3cnc4occc4c3)ccc12. The van der Waals surface area contributed by atoms with Gasteiger partial charge in [0.25, 0.3) is 0 Å². The summed E-state index contributed by atoms with van der Waals surface area (Å²) in [6.45, 7) is 0. The number of hydrogen-bond donors (Lipinski definition) is 2. The first-order valence-corrected chi connectivity index (χ1v) is 6.41. The van der Waals surface area contributed by atoms with E-state index in [0.29, 0.717) is 17.1 Å². The van der Waals surface area contributed by atoms with E-state index in [0.717, 1.165) is 27.4 Å². The quantitative estimate of drug-likeness (QED) is 0.556. The first-order chi connectivity index (χ1) is 10.3. The second kappa shape index (κ2) is 4.12. The Balaban J connectivity index is 1.92. The summed E-state index contributed by atoms with van der Waals surface area (Å²) >= 11 is 0. The van der Waals surface area contributed by atoms with E-state index in [2.05, 4.69) is 16.0 Å². The second-order valence-corrected chi connectivity index (χ2v) is 4.82. The van der Waals surface area contributed by atoms with Crippen LogP contribution in [0, 0.1) is 11.3 Å². The van der Waals surface area contributed by atoms with Gasteiger partial charge in [-0.25, -0.2) is 4.98 Å². The van der Waals surface area contributed by atoms with Crippen LogP contribution in [0.4, 0.5) is 5.82 Å². The number of benzene rings is 1. The fourth-order valence-electron chi connectivity index (χ4n) is 2.54. The predicted octanol–water partition coefficient (Wildman–Crippen LogP) is 3.43. The average Bonchev–Trinajstić information content (AvgIpc) is 3.08. The molecule has 0 aliphatic rings. The fraction of sp³-hybridized carbons (Fsp3) is 0. The lowest BCUT2D eigenvalue weighted by molar-refractivity contribution is 0.603. The number of nitrogens with one attached hydrogen (secondary N) is 1. The van der Waals surface area contributed by atoms with E-state index in [1.807, 2.05) is 30.3 Å². The Morgan fingerprint density at radius 1 is 1.19 bits per heavy atom. The summed E-state index contributed by atoms with van der Waals surface area (Å²) in [7, 11) is 0. The highest BCUT2D eigenvalue weighted by atomic mass is 16.3. The summed E-state index contributed by atoms with van der Waals surface area (Å²) in [5.41, 5.74) is 9.75. The molecule has 5 nitrogen and oxygen atoms in total. The molecule has 0 radical (unpaired) electrons. The predicted molar refractivity (Wildman–Crippen MR) is 80.4 cm³/mol. The third kappa shape index (κ3) is 1.66. The number of nitrogen functional groups attached to an aromatic ring is 1. The van der Waals surface area contributed by atoms with Crippen LogP contribution >= 0.6 is 0 Å². The molecule has 3 heterocycles. The van der Waals surface area contributed by atoms with Crippen LogP contribution < -0.4 is 5.73 Å². The van der Waals surface area contributed by atoms with Gasteiger partial charge < -0.3 is 15.1 Å². The summed E-state index contributed by atoms with van der Waals surface area (Å²) < 4.78 is 5.24. The number of furan rings is 1. The molecule has 0 saturated carbocycles. The molecule has 0 fully saturated rings. The van der Waals surface area contributed by atoms with E-state index >= 15 is 0 Å². The minimum Gasteiger partial charge on any atom is -0.446 e. The van der Waals surface area contributed by atoms with E-state index in [9.17, 15) is 0 Å². The van der Waals surface area contributed by atoms with E-state index in [1.54, 1.807) is 12.5 Å². The third-order valence-corrected chi connectivity index (χ3v) is 3.58. The number of pyridine rings is 1. The van der Waals surface area contributed by atoms with Crippen LogP contribution in [-0.4, -0.2) is 9.97 Å². The number of hydrogen-bond acceptors (Lipinski definition) is 4. The first kappa shape index (κ1) is 11.6. The molecule has 21 heavy (non-hydrogen) atoms. The van der Waals surface area contributed by atoms with Gasteiger partial charge in [-0.05, 0) is 23.8 Å². The molecular formula is C16H10N4O. The molecule has 0 bridgehead atoms. The minimum absolute atomic E-state index is 0.396. The maximum Gasteiger partial charge on any atom is 0.225 e. The monoisotopic (exact) mass is 274 g/mol. The standard InChI is InChI=1S/C16H10N4O/c17-7-13-12-2-1-9(6-14(12)20-15(13)18)11-5-10-3-4-21-16(10)19-8-11/h1-6,8,20H,18H2. The zero-order chi connectivity index (χ0) is 14.4. The van der Waals surface area contributed by atoms with Crippen LogP contribution in [0.15, 0.2) is 47.2 Å². The number of aromatic amines is 1. The van der Waals surface area contributed by atoms with Gasteiger partial charge in [-0.2, -0.15) is 5.26 Å². The third-order valence-electron chi connectivity index (χ3n) is 3.58. The van der Waals surface area contributed by atoms with Gasteiger partial charge >= 0.3 is 0 Å². The molecule has 0 aliphatic heterocycles. The van der Waals surface area contributed by atoms with Gasteiger partial charge in [0.1, 0.15) is 17.5 Å². The topological polar surface area (TPSA) is 91.6 Å². The van der Waals surface area contributed by atoms with Crippen molar-refractivity contribution < 1.29 is 4.42 Å². The Bertz CT molecular complexity index is 1020. The van der Waals surface area contributed by atoms with Crippen molar-refractivity contribution in [2.75, 3.05) is 5.73 Å². The smallest absolute Gasteiger partial charge is 0.225 e. The fourth-order valence-corrected chi connectivity index (χ4v) is 2.54. The Kier molecular flexibility index (Phi) is 2.27. The molecule has 1 aromatic carbocycles. The summed E-state index contributed by atoms with van der Waals surface area (Å²) in [4.78, 5) is 7.32. The summed E-state index contributed by atoms with van der Waals surface area (Å²) in [6, 6.07) is 11.8. The molecule has 4 aromatic rings. The Labute approximate surface area is 119 Å². The van der Waals surface area contributed by atoms with Gasteiger partial charge in [0.2, 0.25) is 5.71 Å². The average molecular weight is 274 g/mol. The van der Waals surface area contributed by atoms with Crippen LogP contribution in [0.5, 0.6) is 0 Å². The molecule has 0 unspecified atom stereocenters. The summed E-state index contributed by atoms with van der Waals surface area (Å²) in [5, 5.41) is 10.9. The lowest BCUT2D eigenvalue weighted by atomic mass is 10.0. The number of H-pyrrole nitrogens is 1. The molecule has 3 aromatic heterocycles. The van der Waals surface area contributed by atoms with Crippen LogP contribution in [-0.2, 0) is 0 Å². The number of nitrogens with zero attached hydrogens (tertiary/aromatic N) is 2. The number of rotatable bonds is 1. The molecule has 0 spiro atoms. The van der Waals surface area contributed by atoms with Crippen molar-refractivity contribution in [1.29, 1.82) is 5.26 Å². The number of aromatic nitrogens is 2. The summed E-state index contributed by atoms with van der Waals surface area (Å²) in [5.74, 6) is 0.396. The molecule has 0 aliphatic carbocycles. The van der Waals surface area contributed by atoms with Crippen molar-refractivity contribution in [3.63, 3.8) is 0 Å². The second-order valence-electron chi connectivity index (χ2n) is 4.82. The zero-order valence-corrected chi connectivity index (χ0v) is 10.9. The highest BCUT2D eigenvalue weighted by Crippen LogP contribution is 2.29. The van der Waals surface area contributed by atoms with E-state index in [-0.39, 0.29) is 0 Å². The number of fused-ring (bicyclic) bond motifs is 2. The van der Waals surface area contributed by atoms with Crippen LogP contribution in [0.3, 0.4) is 0 Å². The minimum atomic E-state index is 0.396. The van der Waals surface area contributed by atoms with Gasteiger partial charge in [-0.1, -0.05) is 12.1 Å². The molecule has 0 amide bonds. The van der Waals surface area contributed by atoms with E-state index in [4.69, 9.17) is 15.4 Å². The van der Waals surface area contributed by atoms with Gasteiger partial charge in [-0.3, -0.25) is 0 Å². The largest absolute Gasteiger partial charge is 0.446 e. The molecule has 100 valence electrons. The molecule has 4 rings (SSSR count). The van der Waals surface area contributed by atoms with Crippen molar-refractivity contribution in [2.24, 2.45) is 0 Å². The number of nitriles is 1. The van der Waals surface area contributed by atoms with E-state index in [1.165, 1.54) is 0 Å². The maximum atomic E-state index is 9.12. The Morgan fingerprint density at radius 2 is 2.10 bits per heavy atom. The van der Waals surface area contributed by atoms with E-state index < -0.39 is 0 Å². The Morgan fingerprint density at radius 3 is 2.95 bits per heavy atom. The molecule has 5 heteroatoms. The van der Waals surface area contributed by atoms with Gasteiger partial charge in [-0.15, -0.1) is 0 Å². The molecule has 0 saturated heterocycles. The van der Waals surface area contributed by atoms with Crippen molar-refractivity contribution in [1.82, 2.24) is 9.97 Å². The number of nitrogens with two attached hydrogens (primary N) is 1. The van der Waals surface area contributed by atoms with Gasteiger partial charge in [0.15, 0.2) is 0 Å². The van der Waals surface area contributed by atoms with Crippen molar-refractivity contribution in [3.8, 4) is 17.2 Å². The van der Waals surface area contributed by atoms with Gasteiger partial charge in [0.05, 0.1) is 6.26 Å². The Hall–Kier alpha value is -3.26. The highest BCUT2D eigenvalue weighted by Gasteiger charge is 2.10. The maximum absolute atomic E-state index is 9.12. The normalized spacial score (nSPS) is 11.0. The molecular weight excluding hydrogens is 264 g/mol. The summed E-state index contributed by atoms with van der Waals surface area (Å²) in [6.07, 6.45) is 3.39. The van der Waals surface area contributed by atoms with Crippen molar-refractivity contribution >= 4 is 27.8 Å². The zero-order valence-electron chi connectivity index (χ0n) is 10.9. The van der Waals surface area contributed by atoms with Crippen LogP contribution in [0.1, 0.15) is 5.56 Å². The molecule has 0 atom stereocenters. The first-order valence-electron chi connectivity index (χ1n) is 6.41. The van der Waals surface area contributed by atoms with Crippen LogP contribution in [0.25, 0.3) is 33.1 Å². The van der Waals surface area contributed by atoms with Crippen molar-refractivity contribution in [2.45, 2.75) is 0 Å². The van der Waals surface area contributed by atoms with Crippen LogP contribution in [0.2, 0.25) is 0 Å². The highest BCUT2D eigenvalue weighted by molar-refractivity contribution is 5.94. The van der Waals surface area contributed by atoms with Crippen molar-refractivity contribution in [3.05, 3.63) is 48.4 Å². The lowest BCUT2D eigenvalue weighted by Gasteiger charge is -2.01. The lowest BCUT2D eigenvalue weighted by Crippen LogP contribution is -1.85. The molecule has 3 N–H and O–H groups in total. The number of anilines is 1. The van der Waals surface area contributed by atoms with Gasteiger partial charge in [0, 0.05) is 28.0 Å².